The average Bonchev–Trinajstić information content (AvgIpc) is 3.10. The number of thiazole rings is 1. The Bertz CT molecular complexity index is 845. The number of ether oxygens (including phenoxy) is 1. The van der Waals surface area contributed by atoms with Gasteiger partial charge in [0.2, 0.25) is 5.91 Å². The van der Waals surface area contributed by atoms with Gasteiger partial charge < -0.3 is 10.1 Å². The number of anilines is 1. The van der Waals surface area contributed by atoms with E-state index in [4.69, 9.17) is 4.74 Å². The number of halogens is 1. The molecule has 0 aliphatic rings. The van der Waals surface area contributed by atoms with Gasteiger partial charge in [0.15, 0.2) is 5.13 Å². The van der Waals surface area contributed by atoms with Crippen molar-refractivity contribution in [1.82, 2.24) is 4.98 Å². The Balaban J connectivity index is 1.56. The van der Waals surface area contributed by atoms with E-state index >= 15 is 0 Å². The van der Waals surface area contributed by atoms with Gasteiger partial charge in [-0.05, 0) is 48.4 Å². The van der Waals surface area contributed by atoms with Gasteiger partial charge in [0, 0.05) is 17.4 Å². The molecule has 1 amide bonds. The average molecular weight is 356 g/mol. The zero-order chi connectivity index (χ0) is 17.6. The molecule has 1 N–H and O–H groups in total. The summed E-state index contributed by atoms with van der Waals surface area (Å²) in [5, 5.41) is 5.27. The number of nitrogens with zero attached hydrogens (tertiary/aromatic N) is 1. The van der Waals surface area contributed by atoms with E-state index in [-0.39, 0.29) is 11.7 Å². The second-order valence-corrected chi connectivity index (χ2v) is 6.30. The molecule has 0 spiro atoms. The summed E-state index contributed by atoms with van der Waals surface area (Å²) in [4.78, 5) is 16.5. The number of benzene rings is 2. The molecule has 6 heteroatoms. The van der Waals surface area contributed by atoms with Crippen molar-refractivity contribution >= 4 is 22.4 Å². The molecule has 128 valence electrons. The van der Waals surface area contributed by atoms with Crippen LogP contribution in [-0.2, 0) is 11.2 Å². The SMILES string of the molecule is COc1ccc(-c2csc(NC(=O)CCc3ccc(F)cc3)n2)cc1. The highest BCUT2D eigenvalue weighted by Gasteiger charge is 2.09. The Morgan fingerprint density at radius 1 is 1.16 bits per heavy atom. The van der Waals surface area contributed by atoms with Crippen molar-refractivity contribution in [3.05, 3.63) is 65.3 Å². The molecule has 0 bridgehead atoms. The first-order valence-corrected chi connectivity index (χ1v) is 8.66. The molecule has 0 saturated heterocycles. The van der Waals surface area contributed by atoms with Gasteiger partial charge in [-0.15, -0.1) is 11.3 Å². The molecule has 3 aromatic rings. The summed E-state index contributed by atoms with van der Waals surface area (Å²) in [6.45, 7) is 0. The van der Waals surface area contributed by atoms with Gasteiger partial charge >= 0.3 is 0 Å². The normalized spacial score (nSPS) is 10.5. The summed E-state index contributed by atoms with van der Waals surface area (Å²) in [7, 11) is 1.62. The lowest BCUT2D eigenvalue weighted by molar-refractivity contribution is -0.116. The maximum atomic E-state index is 12.9. The number of carbonyl (C=O) groups excluding carboxylic acids is 1. The molecule has 4 nitrogen and oxygen atoms in total. The highest BCUT2D eigenvalue weighted by molar-refractivity contribution is 7.14. The predicted octanol–water partition coefficient (Wildman–Crippen LogP) is 4.53. The third-order valence-electron chi connectivity index (χ3n) is 3.69. The number of carbonyl (C=O) groups is 1. The monoisotopic (exact) mass is 356 g/mol. The quantitative estimate of drug-likeness (QED) is 0.706. The summed E-state index contributed by atoms with van der Waals surface area (Å²) in [6, 6.07) is 13.8. The van der Waals surface area contributed by atoms with Crippen molar-refractivity contribution in [2.24, 2.45) is 0 Å². The molecule has 0 atom stereocenters. The van der Waals surface area contributed by atoms with Crippen molar-refractivity contribution in [1.29, 1.82) is 0 Å². The molecule has 0 radical (unpaired) electrons. The highest BCUT2D eigenvalue weighted by atomic mass is 32.1. The zero-order valence-corrected chi connectivity index (χ0v) is 14.5. The first-order valence-electron chi connectivity index (χ1n) is 7.78. The molecule has 25 heavy (non-hydrogen) atoms. The largest absolute Gasteiger partial charge is 0.497 e. The van der Waals surface area contributed by atoms with Crippen LogP contribution >= 0.6 is 11.3 Å². The minimum Gasteiger partial charge on any atom is -0.497 e. The second kappa shape index (κ2) is 7.90. The van der Waals surface area contributed by atoms with E-state index < -0.39 is 0 Å². The van der Waals surface area contributed by atoms with Gasteiger partial charge in [-0.3, -0.25) is 4.79 Å². The molecule has 0 aliphatic carbocycles. The van der Waals surface area contributed by atoms with E-state index in [9.17, 15) is 9.18 Å². The minimum absolute atomic E-state index is 0.111. The molecular formula is C19H17FN2O2S. The van der Waals surface area contributed by atoms with E-state index in [2.05, 4.69) is 10.3 Å². The van der Waals surface area contributed by atoms with E-state index in [0.29, 0.717) is 18.0 Å². The minimum atomic E-state index is -0.276. The lowest BCUT2D eigenvalue weighted by atomic mass is 10.1. The molecular weight excluding hydrogens is 339 g/mol. The Labute approximate surface area is 149 Å². The molecule has 3 rings (SSSR count). The van der Waals surface area contributed by atoms with Crippen LogP contribution in [0.15, 0.2) is 53.9 Å². The molecule has 0 aliphatic heterocycles. The number of hydrogen-bond acceptors (Lipinski definition) is 4. The Kier molecular flexibility index (Phi) is 5.40. The smallest absolute Gasteiger partial charge is 0.226 e. The van der Waals surface area contributed by atoms with Crippen LogP contribution in [0.25, 0.3) is 11.3 Å². The number of nitrogens with one attached hydrogen (secondary N) is 1. The van der Waals surface area contributed by atoms with Crippen LogP contribution in [0.2, 0.25) is 0 Å². The highest BCUT2D eigenvalue weighted by Crippen LogP contribution is 2.26. The number of hydrogen-bond donors (Lipinski definition) is 1. The third kappa shape index (κ3) is 4.64. The van der Waals surface area contributed by atoms with Crippen LogP contribution in [0.3, 0.4) is 0 Å². The van der Waals surface area contributed by atoms with Gasteiger partial charge in [0.05, 0.1) is 12.8 Å². The Morgan fingerprint density at radius 2 is 1.88 bits per heavy atom. The van der Waals surface area contributed by atoms with E-state index in [1.54, 1.807) is 19.2 Å². The Hall–Kier alpha value is -2.73. The first kappa shape index (κ1) is 17.1. The summed E-state index contributed by atoms with van der Waals surface area (Å²) >= 11 is 1.38. The van der Waals surface area contributed by atoms with Crippen LogP contribution < -0.4 is 10.1 Å². The van der Waals surface area contributed by atoms with E-state index in [1.807, 2.05) is 29.6 Å². The maximum Gasteiger partial charge on any atom is 0.226 e. The fraction of sp³-hybridized carbons (Fsp3) is 0.158. The number of rotatable bonds is 6. The van der Waals surface area contributed by atoms with Gasteiger partial charge in [-0.1, -0.05) is 12.1 Å². The van der Waals surface area contributed by atoms with Gasteiger partial charge in [-0.2, -0.15) is 0 Å². The van der Waals surface area contributed by atoms with Crippen LogP contribution in [-0.4, -0.2) is 18.0 Å². The maximum absolute atomic E-state index is 12.9. The van der Waals surface area contributed by atoms with Gasteiger partial charge in [0.25, 0.3) is 0 Å². The number of methoxy groups -OCH3 is 1. The number of aromatic nitrogens is 1. The summed E-state index contributed by atoms with van der Waals surface area (Å²) in [6.07, 6.45) is 0.881. The summed E-state index contributed by atoms with van der Waals surface area (Å²) in [5.74, 6) is 0.398. The topological polar surface area (TPSA) is 51.2 Å². The van der Waals surface area contributed by atoms with Crippen molar-refractivity contribution in [3.63, 3.8) is 0 Å². The van der Waals surface area contributed by atoms with Crippen LogP contribution in [0.1, 0.15) is 12.0 Å². The van der Waals surface area contributed by atoms with Crippen molar-refractivity contribution in [2.45, 2.75) is 12.8 Å². The molecule has 0 saturated carbocycles. The number of aryl methyl sites for hydroxylation is 1. The summed E-state index contributed by atoms with van der Waals surface area (Å²) < 4.78 is 18.0. The molecule has 0 fully saturated rings. The van der Waals surface area contributed by atoms with Crippen molar-refractivity contribution < 1.29 is 13.9 Å². The molecule has 1 heterocycles. The fourth-order valence-electron chi connectivity index (χ4n) is 2.32. The van der Waals surface area contributed by atoms with Crippen LogP contribution in [0.4, 0.5) is 9.52 Å². The second-order valence-electron chi connectivity index (χ2n) is 5.44. The zero-order valence-electron chi connectivity index (χ0n) is 13.7. The molecule has 0 unspecified atom stereocenters. The lowest BCUT2D eigenvalue weighted by Crippen LogP contribution is -2.12. The van der Waals surface area contributed by atoms with E-state index in [1.165, 1.54) is 23.5 Å². The lowest BCUT2D eigenvalue weighted by Gasteiger charge is -2.03. The first-order chi connectivity index (χ1) is 12.1. The Morgan fingerprint density at radius 3 is 2.56 bits per heavy atom. The van der Waals surface area contributed by atoms with Gasteiger partial charge in [-0.25, -0.2) is 9.37 Å². The van der Waals surface area contributed by atoms with E-state index in [0.717, 1.165) is 22.6 Å². The van der Waals surface area contributed by atoms with Gasteiger partial charge in [0.1, 0.15) is 11.6 Å². The molecule has 1 aromatic heterocycles. The predicted molar refractivity (Wildman–Crippen MR) is 97.5 cm³/mol. The van der Waals surface area contributed by atoms with Crippen molar-refractivity contribution in [3.8, 4) is 17.0 Å². The fourth-order valence-corrected chi connectivity index (χ4v) is 3.05. The van der Waals surface area contributed by atoms with Crippen molar-refractivity contribution in [2.75, 3.05) is 12.4 Å². The standard InChI is InChI=1S/C19H17FN2O2S/c1-24-16-9-5-14(6-10-16)17-12-25-19(21-17)22-18(23)11-4-13-2-7-15(20)8-3-13/h2-3,5-10,12H,4,11H2,1H3,(H,21,22,23). The number of amides is 1. The van der Waals surface area contributed by atoms with Crippen LogP contribution in [0, 0.1) is 5.82 Å². The summed E-state index contributed by atoms with van der Waals surface area (Å²) in [5.41, 5.74) is 2.69. The van der Waals surface area contributed by atoms with Crippen LogP contribution in [0.5, 0.6) is 5.75 Å². The third-order valence-corrected chi connectivity index (χ3v) is 4.45. The molecule has 2 aromatic carbocycles.